The first-order valence-corrected chi connectivity index (χ1v) is 7.49. The Hall–Kier alpha value is -1.48. The molecule has 20 heavy (non-hydrogen) atoms. The molecule has 0 spiro atoms. The highest BCUT2D eigenvalue weighted by atomic mass is 79.9. The van der Waals surface area contributed by atoms with Crippen molar-refractivity contribution in [1.29, 1.82) is 0 Å². The first kappa shape index (κ1) is 14.9. The van der Waals surface area contributed by atoms with Crippen LogP contribution < -0.4 is 9.47 Å². The van der Waals surface area contributed by atoms with Crippen molar-refractivity contribution in [3.8, 4) is 11.5 Å². The van der Waals surface area contributed by atoms with E-state index in [4.69, 9.17) is 9.47 Å². The third kappa shape index (κ3) is 3.15. The maximum absolute atomic E-state index is 5.99. The summed E-state index contributed by atoms with van der Waals surface area (Å²) in [5.41, 5.74) is 3.49. The summed E-state index contributed by atoms with van der Waals surface area (Å²) in [7, 11) is 1.69. The van der Waals surface area contributed by atoms with E-state index in [9.17, 15) is 0 Å². The zero-order chi connectivity index (χ0) is 14.5. The van der Waals surface area contributed by atoms with E-state index >= 15 is 0 Å². The summed E-state index contributed by atoms with van der Waals surface area (Å²) in [4.78, 5) is 0. The number of hydrogen-bond acceptors (Lipinski definition) is 2. The molecule has 2 nitrogen and oxygen atoms in total. The lowest BCUT2D eigenvalue weighted by atomic mass is 10.0. The molecule has 0 radical (unpaired) electrons. The molecule has 0 aliphatic rings. The number of halogens is 1. The van der Waals surface area contributed by atoms with Crippen molar-refractivity contribution in [3.63, 3.8) is 0 Å². The Balaban J connectivity index is 2.27. The van der Waals surface area contributed by atoms with Gasteiger partial charge in [-0.2, -0.15) is 0 Å². The Morgan fingerprint density at radius 1 is 1.15 bits per heavy atom. The van der Waals surface area contributed by atoms with Crippen molar-refractivity contribution in [2.75, 3.05) is 7.11 Å². The van der Waals surface area contributed by atoms with Gasteiger partial charge in [0.2, 0.25) is 0 Å². The van der Waals surface area contributed by atoms with Gasteiger partial charge in [0.05, 0.1) is 11.6 Å². The Kier molecular flexibility index (Phi) is 5.07. The normalized spacial score (nSPS) is 10.4. The quantitative estimate of drug-likeness (QED) is 0.773. The van der Waals surface area contributed by atoms with Crippen LogP contribution in [0.15, 0.2) is 40.9 Å². The molecule has 0 amide bonds. The van der Waals surface area contributed by atoms with Crippen LogP contribution in [-0.4, -0.2) is 7.11 Å². The summed E-state index contributed by atoms with van der Waals surface area (Å²) in [5, 5.41) is 0. The smallest absolute Gasteiger partial charge is 0.136 e. The molecular weight excluding hydrogens is 316 g/mol. The monoisotopic (exact) mass is 334 g/mol. The zero-order valence-electron chi connectivity index (χ0n) is 12.1. The molecule has 0 aliphatic carbocycles. The zero-order valence-corrected chi connectivity index (χ0v) is 13.7. The predicted molar refractivity (Wildman–Crippen MR) is 85.6 cm³/mol. The van der Waals surface area contributed by atoms with Crippen LogP contribution in [0.25, 0.3) is 0 Å². The minimum Gasteiger partial charge on any atom is -0.495 e. The minimum absolute atomic E-state index is 0.575. The van der Waals surface area contributed by atoms with Gasteiger partial charge in [-0.3, -0.25) is 0 Å². The molecule has 0 saturated carbocycles. The first-order valence-electron chi connectivity index (χ1n) is 6.70. The number of benzene rings is 2. The maximum atomic E-state index is 5.99. The van der Waals surface area contributed by atoms with E-state index in [0.29, 0.717) is 6.61 Å². The van der Waals surface area contributed by atoms with Crippen LogP contribution in [0.4, 0.5) is 0 Å². The van der Waals surface area contributed by atoms with Gasteiger partial charge in [-0.15, -0.1) is 0 Å². The molecule has 2 aromatic carbocycles. The van der Waals surface area contributed by atoms with Crippen LogP contribution >= 0.6 is 15.9 Å². The van der Waals surface area contributed by atoms with Gasteiger partial charge in [-0.1, -0.05) is 37.3 Å². The van der Waals surface area contributed by atoms with Crippen LogP contribution in [0.2, 0.25) is 0 Å². The summed E-state index contributed by atoms with van der Waals surface area (Å²) in [6, 6.07) is 12.2. The Morgan fingerprint density at radius 3 is 2.45 bits per heavy atom. The molecule has 2 aromatic rings. The van der Waals surface area contributed by atoms with Crippen LogP contribution in [0.3, 0.4) is 0 Å². The summed E-state index contributed by atoms with van der Waals surface area (Å²) < 4.78 is 12.4. The van der Waals surface area contributed by atoms with Gasteiger partial charge in [0, 0.05) is 5.56 Å². The van der Waals surface area contributed by atoms with Gasteiger partial charge in [-0.25, -0.2) is 0 Å². The van der Waals surface area contributed by atoms with Gasteiger partial charge in [-0.05, 0) is 46.5 Å². The average Bonchev–Trinajstić information content (AvgIpc) is 2.46. The SMILES string of the molecule is CCc1c(OCc2ccccc2)cc(Br)c(OC)c1C. The number of ether oxygens (including phenoxy) is 2. The van der Waals surface area contributed by atoms with Gasteiger partial charge in [0.25, 0.3) is 0 Å². The van der Waals surface area contributed by atoms with Crippen molar-refractivity contribution in [1.82, 2.24) is 0 Å². The fourth-order valence-corrected chi connectivity index (χ4v) is 2.99. The van der Waals surface area contributed by atoms with Crippen LogP contribution in [0.1, 0.15) is 23.6 Å². The summed E-state index contributed by atoms with van der Waals surface area (Å²) >= 11 is 3.54. The minimum atomic E-state index is 0.575. The Labute approximate surface area is 128 Å². The molecule has 0 saturated heterocycles. The van der Waals surface area contributed by atoms with Crippen molar-refractivity contribution in [2.24, 2.45) is 0 Å². The van der Waals surface area contributed by atoms with E-state index in [0.717, 1.165) is 28.0 Å². The molecule has 0 aromatic heterocycles. The molecule has 0 aliphatic heterocycles. The molecule has 0 unspecified atom stereocenters. The lowest BCUT2D eigenvalue weighted by Gasteiger charge is -2.17. The topological polar surface area (TPSA) is 18.5 Å². The van der Waals surface area contributed by atoms with Crippen molar-refractivity contribution >= 4 is 15.9 Å². The summed E-state index contributed by atoms with van der Waals surface area (Å²) in [6.07, 6.45) is 0.916. The van der Waals surface area contributed by atoms with Gasteiger partial charge >= 0.3 is 0 Å². The summed E-state index contributed by atoms with van der Waals surface area (Å²) in [5.74, 6) is 1.80. The number of rotatable bonds is 5. The van der Waals surface area contributed by atoms with Crippen LogP contribution in [-0.2, 0) is 13.0 Å². The number of methoxy groups -OCH3 is 1. The van der Waals surface area contributed by atoms with Gasteiger partial charge < -0.3 is 9.47 Å². The van der Waals surface area contributed by atoms with E-state index in [2.05, 4.69) is 41.9 Å². The standard InChI is InChI=1S/C17H19BrO2/c1-4-14-12(2)17(19-3)15(18)10-16(14)20-11-13-8-6-5-7-9-13/h5-10H,4,11H2,1-3H3. The molecule has 106 valence electrons. The predicted octanol–water partition coefficient (Wildman–Crippen LogP) is 4.91. The van der Waals surface area contributed by atoms with Crippen molar-refractivity contribution < 1.29 is 9.47 Å². The lowest BCUT2D eigenvalue weighted by Crippen LogP contribution is -2.02. The molecule has 0 bridgehead atoms. The van der Waals surface area contributed by atoms with Crippen molar-refractivity contribution in [3.05, 3.63) is 57.6 Å². The highest BCUT2D eigenvalue weighted by Gasteiger charge is 2.14. The Morgan fingerprint density at radius 2 is 1.85 bits per heavy atom. The molecule has 0 heterocycles. The molecule has 0 atom stereocenters. The van der Waals surface area contributed by atoms with E-state index in [-0.39, 0.29) is 0 Å². The third-order valence-electron chi connectivity index (χ3n) is 3.36. The van der Waals surface area contributed by atoms with Crippen molar-refractivity contribution in [2.45, 2.75) is 26.9 Å². The first-order chi connectivity index (χ1) is 9.67. The fourth-order valence-electron chi connectivity index (χ4n) is 2.32. The maximum Gasteiger partial charge on any atom is 0.136 e. The third-order valence-corrected chi connectivity index (χ3v) is 3.95. The van der Waals surface area contributed by atoms with E-state index in [1.165, 1.54) is 11.1 Å². The number of hydrogen-bond donors (Lipinski definition) is 0. The molecule has 2 rings (SSSR count). The fraction of sp³-hybridized carbons (Fsp3) is 0.294. The van der Waals surface area contributed by atoms with E-state index in [1.807, 2.05) is 24.3 Å². The Bertz CT molecular complexity index is 579. The highest BCUT2D eigenvalue weighted by molar-refractivity contribution is 9.10. The summed E-state index contributed by atoms with van der Waals surface area (Å²) in [6.45, 7) is 4.77. The highest BCUT2D eigenvalue weighted by Crippen LogP contribution is 2.37. The van der Waals surface area contributed by atoms with Gasteiger partial charge in [0.1, 0.15) is 18.1 Å². The molecule has 3 heteroatoms. The molecular formula is C17H19BrO2. The molecule has 0 fully saturated rings. The molecule has 0 N–H and O–H groups in total. The van der Waals surface area contributed by atoms with Gasteiger partial charge in [0.15, 0.2) is 0 Å². The van der Waals surface area contributed by atoms with E-state index < -0.39 is 0 Å². The average molecular weight is 335 g/mol. The second-order valence-corrected chi connectivity index (χ2v) is 5.48. The second kappa shape index (κ2) is 6.80. The van der Waals surface area contributed by atoms with E-state index in [1.54, 1.807) is 7.11 Å². The second-order valence-electron chi connectivity index (χ2n) is 4.62. The van der Waals surface area contributed by atoms with Crippen LogP contribution in [0.5, 0.6) is 11.5 Å². The van der Waals surface area contributed by atoms with Crippen LogP contribution in [0, 0.1) is 6.92 Å². The largest absolute Gasteiger partial charge is 0.495 e. The lowest BCUT2D eigenvalue weighted by molar-refractivity contribution is 0.301.